The molecule has 1 amide bonds. The average molecular weight is 362 g/mol. The molecule has 0 saturated carbocycles. The molecule has 0 aliphatic carbocycles. The fourth-order valence-corrected chi connectivity index (χ4v) is 2.76. The van der Waals surface area contributed by atoms with Gasteiger partial charge in [-0.1, -0.05) is 0 Å². The first-order valence-electron chi connectivity index (χ1n) is 8.43. The average Bonchev–Trinajstić information content (AvgIpc) is 3.37. The minimum Gasteiger partial charge on any atom is -0.497 e. The third-order valence-electron chi connectivity index (χ3n) is 4.33. The smallest absolute Gasteiger partial charge is 0.251 e. The first-order chi connectivity index (χ1) is 13.1. The minimum absolute atomic E-state index is 0.176. The van der Waals surface area contributed by atoms with Gasteiger partial charge in [0.25, 0.3) is 5.91 Å². The van der Waals surface area contributed by atoms with Gasteiger partial charge in [-0.15, -0.1) is 0 Å². The molecule has 1 unspecified atom stereocenters. The normalized spacial score (nSPS) is 12.1. The Morgan fingerprint density at radius 2 is 2.00 bits per heavy atom. The molecule has 0 fully saturated rings. The van der Waals surface area contributed by atoms with E-state index in [1.807, 2.05) is 37.4 Å². The largest absolute Gasteiger partial charge is 0.497 e. The summed E-state index contributed by atoms with van der Waals surface area (Å²) in [5.41, 5.74) is 2.98. The number of rotatable bonds is 5. The van der Waals surface area contributed by atoms with Crippen molar-refractivity contribution in [1.82, 2.24) is 29.7 Å². The zero-order valence-electron chi connectivity index (χ0n) is 14.9. The van der Waals surface area contributed by atoms with Crippen LogP contribution < -0.4 is 10.1 Å². The fraction of sp³-hybridized carbons (Fsp3) is 0.158. The number of pyridine rings is 1. The third kappa shape index (κ3) is 3.37. The van der Waals surface area contributed by atoms with Gasteiger partial charge < -0.3 is 10.1 Å². The molecular formula is C19H18N6O2. The van der Waals surface area contributed by atoms with Crippen LogP contribution in [-0.2, 0) is 0 Å². The van der Waals surface area contributed by atoms with Crippen LogP contribution in [0.1, 0.15) is 28.9 Å². The van der Waals surface area contributed by atoms with Gasteiger partial charge in [0.1, 0.15) is 12.1 Å². The molecule has 4 aromatic rings. The Labute approximate surface area is 155 Å². The van der Waals surface area contributed by atoms with E-state index in [4.69, 9.17) is 4.74 Å². The van der Waals surface area contributed by atoms with Crippen LogP contribution in [0.15, 0.2) is 61.3 Å². The summed E-state index contributed by atoms with van der Waals surface area (Å²) >= 11 is 0. The standard InChI is InChI=1S/C19H18N6O2/c1-13(23-19(26)14-7-8-24-18(9-14)20-12-22-24)15-10-21-25(11-15)16-3-5-17(27-2)6-4-16/h3-13H,1-2H3,(H,23,26). The highest BCUT2D eigenvalue weighted by Gasteiger charge is 2.14. The number of hydrogen-bond donors (Lipinski definition) is 1. The Kier molecular flexibility index (Phi) is 4.29. The molecule has 27 heavy (non-hydrogen) atoms. The van der Waals surface area contributed by atoms with Crippen molar-refractivity contribution < 1.29 is 9.53 Å². The molecule has 1 atom stereocenters. The number of aromatic nitrogens is 5. The number of carbonyl (C=O) groups excluding carboxylic acids is 1. The number of amides is 1. The minimum atomic E-state index is -0.196. The molecule has 3 heterocycles. The van der Waals surface area contributed by atoms with Crippen LogP contribution in [-0.4, -0.2) is 37.4 Å². The van der Waals surface area contributed by atoms with Gasteiger partial charge in [0.2, 0.25) is 0 Å². The van der Waals surface area contributed by atoms with Gasteiger partial charge in [0, 0.05) is 23.5 Å². The SMILES string of the molecule is COc1ccc(-n2cc(C(C)NC(=O)c3ccn4ncnc4c3)cn2)cc1. The van der Waals surface area contributed by atoms with Gasteiger partial charge in [0.05, 0.1) is 25.0 Å². The molecule has 0 bridgehead atoms. The predicted molar refractivity (Wildman–Crippen MR) is 99.0 cm³/mol. The van der Waals surface area contributed by atoms with E-state index in [1.165, 1.54) is 6.33 Å². The summed E-state index contributed by atoms with van der Waals surface area (Å²) in [7, 11) is 1.63. The van der Waals surface area contributed by atoms with Crippen molar-refractivity contribution in [2.24, 2.45) is 0 Å². The van der Waals surface area contributed by atoms with Crippen LogP contribution in [0.5, 0.6) is 5.75 Å². The highest BCUT2D eigenvalue weighted by Crippen LogP contribution is 2.18. The van der Waals surface area contributed by atoms with E-state index in [9.17, 15) is 4.79 Å². The first-order valence-corrected chi connectivity index (χ1v) is 8.43. The molecule has 0 aliphatic heterocycles. The van der Waals surface area contributed by atoms with Crippen molar-refractivity contribution in [3.63, 3.8) is 0 Å². The lowest BCUT2D eigenvalue weighted by atomic mass is 10.1. The van der Waals surface area contributed by atoms with Crippen LogP contribution in [0.3, 0.4) is 0 Å². The molecule has 0 spiro atoms. The molecule has 3 aromatic heterocycles. The lowest BCUT2D eigenvalue weighted by Gasteiger charge is -2.12. The summed E-state index contributed by atoms with van der Waals surface area (Å²) in [5.74, 6) is 0.613. The van der Waals surface area contributed by atoms with Gasteiger partial charge in [-0.3, -0.25) is 4.79 Å². The van der Waals surface area contributed by atoms with Crippen LogP contribution in [0, 0.1) is 0 Å². The number of fused-ring (bicyclic) bond motifs is 1. The van der Waals surface area contributed by atoms with Gasteiger partial charge in [0.15, 0.2) is 5.65 Å². The number of carbonyl (C=O) groups is 1. The van der Waals surface area contributed by atoms with Crippen LogP contribution in [0.2, 0.25) is 0 Å². The van der Waals surface area contributed by atoms with Crippen molar-refractivity contribution in [2.75, 3.05) is 7.11 Å². The molecule has 0 aliphatic rings. The number of methoxy groups -OCH3 is 1. The Hall–Kier alpha value is -3.68. The Balaban J connectivity index is 1.48. The molecule has 0 radical (unpaired) electrons. The van der Waals surface area contributed by atoms with E-state index in [1.54, 1.807) is 40.8 Å². The molecule has 1 N–H and O–H groups in total. The topological polar surface area (TPSA) is 86.3 Å². The molecule has 1 aromatic carbocycles. The van der Waals surface area contributed by atoms with E-state index in [0.717, 1.165) is 17.0 Å². The highest BCUT2D eigenvalue weighted by atomic mass is 16.5. The summed E-state index contributed by atoms with van der Waals surface area (Å²) in [6.45, 7) is 1.92. The van der Waals surface area contributed by atoms with Crippen molar-refractivity contribution in [3.05, 3.63) is 72.4 Å². The maximum Gasteiger partial charge on any atom is 0.251 e. The lowest BCUT2D eigenvalue weighted by molar-refractivity contribution is 0.0940. The Morgan fingerprint density at radius 1 is 1.19 bits per heavy atom. The summed E-state index contributed by atoms with van der Waals surface area (Å²) in [6, 6.07) is 10.8. The number of ether oxygens (including phenoxy) is 1. The third-order valence-corrected chi connectivity index (χ3v) is 4.33. The first kappa shape index (κ1) is 16.8. The van der Waals surface area contributed by atoms with Gasteiger partial charge >= 0.3 is 0 Å². The lowest BCUT2D eigenvalue weighted by Crippen LogP contribution is -2.26. The zero-order chi connectivity index (χ0) is 18.8. The molecule has 8 heteroatoms. The van der Waals surface area contributed by atoms with Crippen LogP contribution >= 0.6 is 0 Å². The van der Waals surface area contributed by atoms with E-state index in [-0.39, 0.29) is 11.9 Å². The van der Waals surface area contributed by atoms with Crippen LogP contribution in [0.25, 0.3) is 11.3 Å². The van der Waals surface area contributed by atoms with Gasteiger partial charge in [-0.25, -0.2) is 14.2 Å². The molecule has 136 valence electrons. The van der Waals surface area contributed by atoms with Crippen molar-refractivity contribution in [1.29, 1.82) is 0 Å². The Bertz CT molecular complexity index is 1080. The second-order valence-electron chi connectivity index (χ2n) is 6.09. The van der Waals surface area contributed by atoms with Gasteiger partial charge in [-0.05, 0) is 43.3 Å². The summed E-state index contributed by atoms with van der Waals surface area (Å²) < 4.78 is 8.54. The van der Waals surface area contributed by atoms with Crippen LogP contribution in [0.4, 0.5) is 0 Å². The molecule has 8 nitrogen and oxygen atoms in total. The van der Waals surface area contributed by atoms with E-state index < -0.39 is 0 Å². The van der Waals surface area contributed by atoms with Crippen molar-refractivity contribution in [2.45, 2.75) is 13.0 Å². The quantitative estimate of drug-likeness (QED) is 0.589. The van der Waals surface area contributed by atoms with E-state index in [0.29, 0.717) is 11.2 Å². The van der Waals surface area contributed by atoms with E-state index >= 15 is 0 Å². The van der Waals surface area contributed by atoms with E-state index in [2.05, 4.69) is 20.5 Å². The Morgan fingerprint density at radius 3 is 2.78 bits per heavy atom. The number of nitrogens with zero attached hydrogens (tertiary/aromatic N) is 5. The maximum absolute atomic E-state index is 12.5. The van der Waals surface area contributed by atoms with Crippen molar-refractivity contribution >= 4 is 11.6 Å². The molecular weight excluding hydrogens is 344 g/mol. The second-order valence-corrected chi connectivity index (χ2v) is 6.09. The summed E-state index contributed by atoms with van der Waals surface area (Å²) in [6.07, 6.45) is 6.81. The summed E-state index contributed by atoms with van der Waals surface area (Å²) in [4.78, 5) is 16.6. The zero-order valence-corrected chi connectivity index (χ0v) is 14.9. The number of benzene rings is 1. The maximum atomic E-state index is 12.5. The second kappa shape index (κ2) is 6.91. The monoisotopic (exact) mass is 362 g/mol. The predicted octanol–water partition coefficient (Wildman–Crippen LogP) is 2.41. The fourth-order valence-electron chi connectivity index (χ4n) is 2.76. The molecule has 4 rings (SSSR count). The van der Waals surface area contributed by atoms with Crippen molar-refractivity contribution in [3.8, 4) is 11.4 Å². The highest BCUT2D eigenvalue weighted by molar-refractivity contribution is 5.95. The number of nitrogens with one attached hydrogen (secondary N) is 1. The number of hydrogen-bond acceptors (Lipinski definition) is 5. The summed E-state index contributed by atoms with van der Waals surface area (Å²) in [5, 5.41) is 11.4. The molecule has 0 saturated heterocycles. The van der Waals surface area contributed by atoms with Gasteiger partial charge in [-0.2, -0.15) is 10.2 Å².